The molecule has 0 aromatic heterocycles. The molecule has 8 nitrogen and oxygen atoms in total. The molecular weight excluding hydrogens is 539 g/mol. The SMILES string of the molecule is CCCCCC/C=C\CCCC(=O)NC(COP(=O)(O)OCC[N+](C)(C)C)C(O)/C=C/CC/C=C/CCCCCC. The van der Waals surface area contributed by atoms with E-state index in [0.717, 1.165) is 32.1 Å². The lowest BCUT2D eigenvalue weighted by molar-refractivity contribution is -0.870. The maximum atomic E-state index is 12.6. The fraction of sp³-hybridized carbons (Fsp3) is 0.781. The third kappa shape index (κ3) is 27.3. The van der Waals surface area contributed by atoms with Crippen molar-refractivity contribution in [2.75, 3.05) is 40.9 Å². The molecule has 0 aliphatic heterocycles. The highest BCUT2D eigenvalue weighted by atomic mass is 31.2. The number of phosphoric ester groups is 1. The molecule has 0 radical (unpaired) electrons. The molecule has 0 rings (SSSR count). The normalized spacial score (nSPS) is 15.6. The van der Waals surface area contributed by atoms with E-state index in [-0.39, 0.29) is 19.1 Å². The molecular formula is C32H62N2O6P+. The molecule has 0 aliphatic carbocycles. The van der Waals surface area contributed by atoms with Crippen molar-refractivity contribution in [3.05, 3.63) is 36.5 Å². The monoisotopic (exact) mass is 601 g/mol. The van der Waals surface area contributed by atoms with Gasteiger partial charge in [-0.3, -0.25) is 13.8 Å². The van der Waals surface area contributed by atoms with Gasteiger partial charge in [0.2, 0.25) is 5.91 Å². The lowest BCUT2D eigenvalue weighted by Crippen LogP contribution is -2.45. The van der Waals surface area contributed by atoms with E-state index in [1.165, 1.54) is 51.4 Å². The van der Waals surface area contributed by atoms with E-state index in [1.54, 1.807) is 6.08 Å². The number of phosphoric acid groups is 1. The van der Waals surface area contributed by atoms with Gasteiger partial charge >= 0.3 is 7.82 Å². The van der Waals surface area contributed by atoms with Crippen molar-refractivity contribution in [1.82, 2.24) is 5.32 Å². The highest BCUT2D eigenvalue weighted by Crippen LogP contribution is 2.43. The second kappa shape index (κ2) is 25.2. The molecule has 3 N–H and O–H groups in total. The molecule has 3 atom stereocenters. The van der Waals surface area contributed by atoms with Gasteiger partial charge in [-0.05, 0) is 51.4 Å². The number of aliphatic hydroxyl groups is 1. The smallest absolute Gasteiger partial charge is 0.387 e. The largest absolute Gasteiger partial charge is 0.472 e. The number of hydrogen-bond acceptors (Lipinski definition) is 5. The van der Waals surface area contributed by atoms with Crippen LogP contribution in [0.3, 0.4) is 0 Å². The van der Waals surface area contributed by atoms with Gasteiger partial charge in [-0.2, -0.15) is 0 Å². The summed E-state index contributed by atoms with van der Waals surface area (Å²) in [6, 6.07) is -0.871. The number of likely N-dealkylation sites (N-methyl/N-ethyl adjacent to an activating group) is 1. The molecule has 0 aliphatic rings. The predicted octanol–water partition coefficient (Wildman–Crippen LogP) is 7.23. The van der Waals surface area contributed by atoms with E-state index in [1.807, 2.05) is 27.2 Å². The van der Waals surface area contributed by atoms with E-state index in [2.05, 4.69) is 43.5 Å². The average molecular weight is 602 g/mol. The molecule has 0 saturated carbocycles. The lowest BCUT2D eigenvalue weighted by atomic mass is 10.1. The fourth-order valence-corrected chi connectivity index (χ4v) is 4.67. The van der Waals surface area contributed by atoms with E-state index >= 15 is 0 Å². The number of rotatable bonds is 27. The summed E-state index contributed by atoms with van der Waals surface area (Å²) in [7, 11) is 1.53. The minimum Gasteiger partial charge on any atom is -0.387 e. The molecule has 0 fully saturated rings. The first-order valence-electron chi connectivity index (χ1n) is 15.9. The molecule has 0 aromatic carbocycles. The van der Waals surface area contributed by atoms with E-state index in [0.29, 0.717) is 23.9 Å². The molecule has 0 aromatic rings. The number of hydrogen-bond donors (Lipinski definition) is 3. The highest BCUT2D eigenvalue weighted by Gasteiger charge is 2.27. The van der Waals surface area contributed by atoms with E-state index in [9.17, 15) is 19.4 Å². The number of carbonyl (C=O) groups excluding carboxylic acids is 1. The van der Waals surface area contributed by atoms with Crippen molar-refractivity contribution < 1.29 is 32.9 Å². The van der Waals surface area contributed by atoms with Crippen LogP contribution in [0, 0.1) is 0 Å². The Morgan fingerprint density at radius 1 is 0.805 bits per heavy atom. The molecule has 0 heterocycles. The third-order valence-electron chi connectivity index (χ3n) is 6.58. The maximum Gasteiger partial charge on any atom is 0.472 e. The fourth-order valence-electron chi connectivity index (χ4n) is 3.94. The van der Waals surface area contributed by atoms with Crippen LogP contribution in [-0.4, -0.2) is 73.4 Å². The second-order valence-electron chi connectivity index (χ2n) is 11.8. The number of allylic oxidation sites excluding steroid dienone is 5. The zero-order valence-corrected chi connectivity index (χ0v) is 27.7. The Morgan fingerprint density at radius 3 is 1.90 bits per heavy atom. The summed E-state index contributed by atoms with van der Waals surface area (Å²) in [6.07, 6.45) is 26.6. The Kier molecular flexibility index (Phi) is 24.5. The molecule has 3 unspecified atom stereocenters. The van der Waals surface area contributed by atoms with Gasteiger partial charge in [0, 0.05) is 6.42 Å². The summed E-state index contributed by atoms with van der Waals surface area (Å²) in [6.45, 7) is 4.64. The number of amides is 1. The second-order valence-corrected chi connectivity index (χ2v) is 13.3. The number of nitrogens with zero attached hydrogens (tertiary/aromatic N) is 1. The van der Waals surface area contributed by atoms with Crippen LogP contribution in [0.2, 0.25) is 0 Å². The van der Waals surface area contributed by atoms with Crippen LogP contribution in [0.4, 0.5) is 0 Å². The van der Waals surface area contributed by atoms with Crippen LogP contribution in [0.25, 0.3) is 0 Å². The quantitative estimate of drug-likeness (QED) is 0.0397. The van der Waals surface area contributed by atoms with Crippen LogP contribution in [0.15, 0.2) is 36.5 Å². The van der Waals surface area contributed by atoms with Crippen molar-refractivity contribution in [3.63, 3.8) is 0 Å². The Labute approximate surface area is 251 Å². The van der Waals surface area contributed by atoms with Crippen molar-refractivity contribution in [2.45, 2.75) is 122 Å². The molecule has 1 amide bonds. The van der Waals surface area contributed by atoms with Crippen LogP contribution < -0.4 is 5.32 Å². The Balaban J connectivity index is 4.79. The molecule has 0 saturated heterocycles. The Hall–Kier alpha value is -1.28. The first-order valence-corrected chi connectivity index (χ1v) is 17.4. The van der Waals surface area contributed by atoms with Gasteiger partial charge in [0.15, 0.2) is 0 Å². The summed E-state index contributed by atoms with van der Waals surface area (Å²) >= 11 is 0. The van der Waals surface area contributed by atoms with Gasteiger partial charge in [-0.25, -0.2) is 4.57 Å². The summed E-state index contributed by atoms with van der Waals surface area (Å²) in [4.78, 5) is 22.7. The maximum absolute atomic E-state index is 12.6. The minimum absolute atomic E-state index is 0.0506. The molecule has 41 heavy (non-hydrogen) atoms. The Morgan fingerprint density at radius 2 is 1.34 bits per heavy atom. The van der Waals surface area contributed by atoms with Gasteiger partial charge in [0.05, 0.1) is 39.9 Å². The first-order chi connectivity index (χ1) is 19.5. The first kappa shape index (κ1) is 39.7. The summed E-state index contributed by atoms with van der Waals surface area (Å²) < 4.78 is 23.2. The van der Waals surface area contributed by atoms with E-state index < -0.39 is 20.0 Å². The number of unbranched alkanes of at least 4 members (excludes halogenated alkanes) is 10. The summed E-state index contributed by atoms with van der Waals surface area (Å²) in [5.41, 5.74) is 0. The molecule has 9 heteroatoms. The highest BCUT2D eigenvalue weighted by molar-refractivity contribution is 7.47. The standard InChI is InChI=1S/C32H61N2O6P/c1-6-8-10-12-14-16-18-19-21-23-25-31(35)30(29-40-41(37,38)39-28-27-34(3,4)5)33-32(36)26-24-22-20-17-15-13-11-9-7-2/h16-18,20,23,25,30-31,35H,6-15,19,21-22,24,26-29H2,1-5H3,(H-,33,36,37,38)/p+1/b18-16+,20-17-,25-23+. The van der Waals surface area contributed by atoms with Gasteiger partial charge < -0.3 is 19.8 Å². The lowest BCUT2D eigenvalue weighted by Gasteiger charge is -2.25. The average Bonchev–Trinajstić information content (AvgIpc) is 2.90. The Bertz CT molecular complexity index is 779. The number of aliphatic hydroxyl groups excluding tert-OH is 1. The van der Waals surface area contributed by atoms with Crippen LogP contribution in [-0.2, 0) is 18.4 Å². The molecule has 240 valence electrons. The topological polar surface area (TPSA) is 105 Å². The zero-order valence-electron chi connectivity index (χ0n) is 26.8. The predicted molar refractivity (Wildman–Crippen MR) is 171 cm³/mol. The number of carbonyl (C=O) groups is 1. The van der Waals surface area contributed by atoms with Crippen molar-refractivity contribution in [2.24, 2.45) is 0 Å². The van der Waals surface area contributed by atoms with Gasteiger partial charge in [0.25, 0.3) is 0 Å². The van der Waals surface area contributed by atoms with Gasteiger partial charge in [-0.15, -0.1) is 0 Å². The summed E-state index contributed by atoms with van der Waals surface area (Å²) in [5.74, 6) is -0.230. The van der Waals surface area contributed by atoms with Crippen LogP contribution in [0.5, 0.6) is 0 Å². The van der Waals surface area contributed by atoms with Crippen molar-refractivity contribution >= 4 is 13.7 Å². The van der Waals surface area contributed by atoms with E-state index in [4.69, 9.17) is 9.05 Å². The number of quaternary nitrogens is 1. The molecule has 0 spiro atoms. The van der Waals surface area contributed by atoms with Crippen LogP contribution >= 0.6 is 7.82 Å². The van der Waals surface area contributed by atoms with Gasteiger partial charge in [0.1, 0.15) is 13.2 Å². The summed E-state index contributed by atoms with van der Waals surface area (Å²) in [5, 5.41) is 13.6. The molecule has 0 bridgehead atoms. The van der Waals surface area contributed by atoms with Crippen LogP contribution in [0.1, 0.15) is 110 Å². The minimum atomic E-state index is -4.33. The third-order valence-corrected chi connectivity index (χ3v) is 7.57. The van der Waals surface area contributed by atoms with Crippen molar-refractivity contribution in [3.8, 4) is 0 Å². The van der Waals surface area contributed by atoms with Crippen molar-refractivity contribution in [1.29, 1.82) is 0 Å². The van der Waals surface area contributed by atoms with Gasteiger partial charge in [-0.1, -0.05) is 88.8 Å². The zero-order chi connectivity index (χ0) is 30.8. The number of nitrogens with one attached hydrogen (secondary N) is 1.